The molecule has 0 radical (unpaired) electrons. The first-order valence-corrected chi connectivity index (χ1v) is 4.75. The van der Waals surface area contributed by atoms with Crippen molar-refractivity contribution in [1.29, 1.82) is 0 Å². The molecule has 0 amide bonds. The molecule has 4 heteroatoms. The lowest BCUT2D eigenvalue weighted by Gasteiger charge is -2.04. The van der Waals surface area contributed by atoms with E-state index in [1.54, 1.807) is 25.4 Å². The smallest absolute Gasteiger partial charge is 0.129 e. The molecule has 0 saturated heterocycles. The molecule has 14 heavy (non-hydrogen) atoms. The second kappa shape index (κ2) is 3.64. The Morgan fingerprint density at radius 3 is 2.71 bits per heavy atom. The molecule has 2 rings (SSSR count). The van der Waals surface area contributed by atoms with Gasteiger partial charge >= 0.3 is 0 Å². The van der Waals surface area contributed by atoms with E-state index >= 15 is 0 Å². The molecule has 2 aromatic rings. The van der Waals surface area contributed by atoms with Crippen molar-refractivity contribution in [3.8, 4) is 5.75 Å². The molecule has 0 bridgehead atoms. The predicted octanol–water partition coefficient (Wildman–Crippen LogP) is 3.55. The average molecular weight is 228 g/mol. The highest BCUT2D eigenvalue weighted by molar-refractivity contribution is 6.36. The summed E-state index contributed by atoms with van der Waals surface area (Å²) in [4.78, 5) is 3.98. The van der Waals surface area contributed by atoms with E-state index in [2.05, 4.69) is 4.98 Å². The average Bonchev–Trinajstić information content (AvgIpc) is 2.19. The first-order chi connectivity index (χ1) is 6.70. The summed E-state index contributed by atoms with van der Waals surface area (Å²) in [5.41, 5.74) is 0. The Bertz CT molecular complexity index is 485. The summed E-state index contributed by atoms with van der Waals surface area (Å²) < 4.78 is 5.09. The Morgan fingerprint density at radius 1 is 1.21 bits per heavy atom. The van der Waals surface area contributed by atoms with E-state index in [9.17, 15) is 0 Å². The van der Waals surface area contributed by atoms with Gasteiger partial charge in [-0.15, -0.1) is 0 Å². The number of hydrogen-bond acceptors (Lipinski definition) is 2. The van der Waals surface area contributed by atoms with Gasteiger partial charge in [0.1, 0.15) is 10.9 Å². The Balaban J connectivity index is 2.76. The van der Waals surface area contributed by atoms with Gasteiger partial charge < -0.3 is 4.74 Å². The van der Waals surface area contributed by atoms with Crippen LogP contribution in [0.2, 0.25) is 10.2 Å². The summed E-state index contributed by atoms with van der Waals surface area (Å²) in [6, 6.07) is 5.35. The fraction of sp³-hybridized carbons (Fsp3) is 0.100. The van der Waals surface area contributed by atoms with Crippen LogP contribution in [-0.4, -0.2) is 12.1 Å². The number of aromatic nitrogens is 1. The maximum Gasteiger partial charge on any atom is 0.129 e. The van der Waals surface area contributed by atoms with E-state index in [1.165, 1.54) is 0 Å². The minimum atomic E-state index is 0.435. The number of fused-ring (bicyclic) bond motifs is 1. The fourth-order valence-electron chi connectivity index (χ4n) is 1.28. The molecule has 0 atom stereocenters. The van der Waals surface area contributed by atoms with E-state index in [0.29, 0.717) is 15.9 Å². The lowest BCUT2D eigenvalue weighted by Crippen LogP contribution is -1.84. The van der Waals surface area contributed by atoms with Crippen LogP contribution in [0.1, 0.15) is 0 Å². The standard InChI is InChI=1S/C10H7Cl2NO/c1-14-7-2-6-5-13-10(12)4-8(6)9(11)3-7/h2-5H,1H3. The molecule has 0 unspecified atom stereocenters. The largest absolute Gasteiger partial charge is 0.497 e. The minimum Gasteiger partial charge on any atom is -0.497 e. The maximum atomic E-state index is 6.05. The second-order valence-corrected chi connectivity index (χ2v) is 3.63. The number of benzene rings is 1. The minimum absolute atomic E-state index is 0.435. The van der Waals surface area contributed by atoms with E-state index in [-0.39, 0.29) is 0 Å². The predicted molar refractivity (Wildman–Crippen MR) is 58.3 cm³/mol. The van der Waals surface area contributed by atoms with Crippen molar-refractivity contribution < 1.29 is 4.74 Å². The monoisotopic (exact) mass is 227 g/mol. The molecule has 0 N–H and O–H groups in total. The number of pyridine rings is 1. The summed E-state index contributed by atoms with van der Waals surface area (Å²) in [5.74, 6) is 0.714. The zero-order valence-electron chi connectivity index (χ0n) is 7.42. The molecule has 72 valence electrons. The van der Waals surface area contributed by atoms with Crippen LogP contribution in [0.15, 0.2) is 24.4 Å². The molecule has 1 aromatic heterocycles. The molecule has 1 aromatic carbocycles. The molecule has 0 aliphatic carbocycles. The zero-order valence-corrected chi connectivity index (χ0v) is 8.93. The highest BCUT2D eigenvalue weighted by atomic mass is 35.5. The molecule has 1 heterocycles. The number of ether oxygens (including phenoxy) is 1. The molecule has 0 aliphatic rings. The van der Waals surface area contributed by atoms with Gasteiger partial charge in [0.25, 0.3) is 0 Å². The first kappa shape index (κ1) is 9.56. The maximum absolute atomic E-state index is 6.05. The summed E-state index contributed by atoms with van der Waals surface area (Å²) >= 11 is 11.8. The van der Waals surface area contributed by atoms with Gasteiger partial charge in [0, 0.05) is 17.0 Å². The van der Waals surface area contributed by atoms with Gasteiger partial charge in [-0.1, -0.05) is 23.2 Å². The van der Waals surface area contributed by atoms with Crippen molar-refractivity contribution >= 4 is 34.0 Å². The van der Waals surface area contributed by atoms with E-state index in [4.69, 9.17) is 27.9 Å². The first-order valence-electron chi connectivity index (χ1n) is 3.99. The van der Waals surface area contributed by atoms with Gasteiger partial charge in [-0.05, 0) is 18.2 Å². The lowest BCUT2D eigenvalue weighted by molar-refractivity contribution is 0.415. The molecule has 0 fully saturated rings. The van der Waals surface area contributed by atoms with Gasteiger partial charge in [0.2, 0.25) is 0 Å². The molecule has 0 aliphatic heterocycles. The summed E-state index contributed by atoms with van der Waals surface area (Å²) in [5, 5.41) is 2.85. The Labute approximate surface area is 91.4 Å². The van der Waals surface area contributed by atoms with Crippen molar-refractivity contribution in [1.82, 2.24) is 4.98 Å². The van der Waals surface area contributed by atoms with Crippen LogP contribution in [0, 0.1) is 0 Å². The number of nitrogens with zero attached hydrogens (tertiary/aromatic N) is 1. The topological polar surface area (TPSA) is 22.1 Å². The highest BCUT2D eigenvalue weighted by Crippen LogP contribution is 2.29. The zero-order chi connectivity index (χ0) is 10.1. The third-order valence-electron chi connectivity index (χ3n) is 1.96. The highest BCUT2D eigenvalue weighted by Gasteiger charge is 2.03. The second-order valence-electron chi connectivity index (χ2n) is 2.84. The van der Waals surface area contributed by atoms with Crippen LogP contribution in [-0.2, 0) is 0 Å². The SMILES string of the molecule is COc1cc(Cl)c2cc(Cl)ncc2c1. The third-order valence-corrected chi connectivity index (χ3v) is 2.48. The van der Waals surface area contributed by atoms with E-state index in [1.807, 2.05) is 6.07 Å². The van der Waals surface area contributed by atoms with Gasteiger partial charge in [-0.25, -0.2) is 4.98 Å². The lowest BCUT2D eigenvalue weighted by atomic mass is 10.2. The number of halogens is 2. The molecular formula is C10H7Cl2NO. The quantitative estimate of drug-likeness (QED) is 0.696. The number of methoxy groups -OCH3 is 1. The van der Waals surface area contributed by atoms with Crippen LogP contribution < -0.4 is 4.74 Å². The van der Waals surface area contributed by atoms with Crippen molar-refractivity contribution in [3.63, 3.8) is 0 Å². The van der Waals surface area contributed by atoms with Crippen LogP contribution in [0.3, 0.4) is 0 Å². The van der Waals surface area contributed by atoms with Crippen LogP contribution >= 0.6 is 23.2 Å². The molecule has 0 spiro atoms. The van der Waals surface area contributed by atoms with E-state index in [0.717, 1.165) is 10.8 Å². The van der Waals surface area contributed by atoms with E-state index < -0.39 is 0 Å². The van der Waals surface area contributed by atoms with Crippen molar-refractivity contribution in [2.45, 2.75) is 0 Å². The Morgan fingerprint density at radius 2 is 2.00 bits per heavy atom. The van der Waals surface area contributed by atoms with Gasteiger partial charge in [0.05, 0.1) is 12.1 Å². The Hall–Kier alpha value is -0.990. The van der Waals surface area contributed by atoms with Crippen LogP contribution in [0.5, 0.6) is 5.75 Å². The summed E-state index contributed by atoms with van der Waals surface area (Å²) in [7, 11) is 1.60. The van der Waals surface area contributed by atoms with Gasteiger partial charge in [0.15, 0.2) is 0 Å². The van der Waals surface area contributed by atoms with Gasteiger partial charge in [-0.3, -0.25) is 0 Å². The van der Waals surface area contributed by atoms with Crippen molar-refractivity contribution in [3.05, 3.63) is 34.6 Å². The van der Waals surface area contributed by atoms with Gasteiger partial charge in [-0.2, -0.15) is 0 Å². The number of rotatable bonds is 1. The summed E-state index contributed by atoms with van der Waals surface area (Å²) in [6.07, 6.45) is 1.67. The van der Waals surface area contributed by atoms with Crippen LogP contribution in [0.4, 0.5) is 0 Å². The molecule has 2 nitrogen and oxygen atoms in total. The Kier molecular flexibility index (Phi) is 2.48. The normalized spacial score (nSPS) is 10.5. The number of hydrogen-bond donors (Lipinski definition) is 0. The molecular weight excluding hydrogens is 221 g/mol. The summed E-state index contributed by atoms with van der Waals surface area (Å²) in [6.45, 7) is 0. The third kappa shape index (κ3) is 1.63. The fourth-order valence-corrected chi connectivity index (χ4v) is 1.71. The van der Waals surface area contributed by atoms with Crippen molar-refractivity contribution in [2.24, 2.45) is 0 Å². The van der Waals surface area contributed by atoms with Crippen LogP contribution in [0.25, 0.3) is 10.8 Å². The van der Waals surface area contributed by atoms with Crippen molar-refractivity contribution in [2.75, 3.05) is 7.11 Å². The molecule has 0 saturated carbocycles.